The van der Waals surface area contributed by atoms with Crippen molar-refractivity contribution in [3.63, 3.8) is 0 Å². The summed E-state index contributed by atoms with van der Waals surface area (Å²) in [5.41, 5.74) is 0.354. The number of rotatable bonds is 4. The van der Waals surface area contributed by atoms with E-state index in [9.17, 15) is 9.90 Å². The van der Waals surface area contributed by atoms with Crippen LogP contribution in [0.2, 0.25) is 0 Å². The topological polar surface area (TPSA) is 55.8 Å². The molecule has 0 saturated carbocycles. The van der Waals surface area contributed by atoms with E-state index < -0.39 is 5.97 Å². The van der Waals surface area contributed by atoms with E-state index in [1.54, 1.807) is 49.4 Å². The molecule has 0 unspecified atom stereocenters. The summed E-state index contributed by atoms with van der Waals surface area (Å²) in [7, 11) is 0. The van der Waals surface area contributed by atoms with Gasteiger partial charge in [-0.3, -0.25) is 0 Å². The Hall–Kier alpha value is -2.49. The van der Waals surface area contributed by atoms with E-state index in [1.165, 1.54) is 6.07 Å². The Bertz CT molecular complexity index is 578. The molecular formula is C15H14O4. The smallest absolute Gasteiger partial charge is 0.341 e. The molecule has 0 bridgehead atoms. The van der Waals surface area contributed by atoms with Gasteiger partial charge in [-0.05, 0) is 31.2 Å². The zero-order valence-corrected chi connectivity index (χ0v) is 10.5. The lowest BCUT2D eigenvalue weighted by atomic mass is 10.2. The highest BCUT2D eigenvalue weighted by atomic mass is 16.5. The van der Waals surface area contributed by atoms with Crippen molar-refractivity contribution in [1.82, 2.24) is 0 Å². The largest absolute Gasteiger partial charge is 0.508 e. The molecule has 0 saturated heterocycles. The number of phenolic OH excluding ortho intramolecular Hbond substituents is 1. The van der Waals surface area contributed by atoms with Crippen molar-refractivity contribution in [2.75, 3.05) is 6.61 Å². The summed E-state index contributed by atoms with van der Waals surface area (Å²) in [6, 6.07) is 13.2. The lowest BCUT2D eigenvalue weighted by Gasteiger charge is -2.10. The lowest BCUT2D eigenvalue weighted by Crippen LogP contribution is -2.06. The first-order valence-corrected chi connectivity index (χ1v) is 5.93. The number of hydrogen-bond donors (Lipinski definition) is 1. The summed E-state index contributed by atoms with van der Waals surface area (Å²) in [6.45, 7) is 2.05. The molecule has 0 aliphatic carbocycles. The second-order valence-corrected chi connectivity index (χ2v) is 3.82. The molecule has 2 aromatic carbocycles. The second-order valence-electron chi connectivity index (χ2n) is 3.82. The fourth-order valence-corrected chi connectivity index (χ4v) is 1.61. The van der Waals surface area contributed by atoms with Crippen molar-refractivity contribution in [2.24, 2.45) is 0 Å². The molecule has 1 N–H and O–H groups in total. The lowest BCUT2D eigenvalue weighted by molar-refractivity contribution is 0.0523. The molecule has 0 atom stereocenters. The van der Waals surface area contributed by atoms with Crippen molar-refractivity contribution in [1.29, 1.82) is 0 Å². The summed E-state index contributed by atoms with van der Waals surface area (Å²) in [5.74, 6) is 0.521. The zero-order chi connectivity index (χ0) is 13.7. The van der Waals surface area contributed by atoms with E-state index in [4.69, 9.17) is 9.47 Å². The SMILES string of the molecule is CCOC(=O)c1ccccc1Oc1cccc(O)c1. The second kappa shape index (κ2) is 5.91. The number of esters is 1. The van der Waals surface area contributed by atoms with Gasteiger partial charge in [0.05, 0.1) is 6.61 Å². The third-order valence-corrected chi connectivity index (χ3v) is 2.43. The van der Waals surface area contributed by atoms with Crippen LogP contribution in [-0.2, 0) is 4.74 Å². The number of carbonyl (C=O) groups excluding carboxylic acids is 1. The highest BCUT2D eigenvalue weighted by Gasteiger charge is 2.13. The van der Waals surface area contributed by atoms with Crippen LogP contribution in [0.15, 0.2) is 48.5 Å². The minimum atomic E-state index is -0.432. The highest BCUT2D eigenvalue weighted by molar-refractivity contribution is 5.92. The summed E-state index contributed by atoms with van der Waals surface area (Å²) in [4.78, 5) is 11.8. The Morgan fingerprint density at radius 3 is 2.68 bits per heavy atom. The fourth-order valence-electron chi connectivity index (χ4n) is 1.61. The van der Waals surface area contributed by atoms with Gasteiger partial charge in [0.2, 0.25) is 0 Å². The van der Waals surface area contributed by atoms with E-state index in [0.29, 0.717) is 23.7 Å². The molecule has 4 nitrogen and oxygen atoms in total. The van der Waals surface area contributed by atoms with E-state index in [2.05, 4.69) is 0 Å². The molecule has 4 heteroatoms. The predicted molar refractivity (Wildman–Crippen MR) is 70.6 cm³/mol. The summed E-state index contributed by atoms with van der Waals surface area (Å²) < 4.78 is 10.6. The van der Waals surface area contributed by atoms with Gasteiger partial charge in [-0.15, -0.1) is 0 Å². The molecular weight excluding hydrogens is 244 g/mol. The zero-order valence-electron chi connectivity index (χ0n) is 10.5. The number of ether oxygens (including phenoxy) is 2. The maximum atomic E-state index is 11.8. The number of hydrogen-bond acceptors (Lipinski definition) is 4. The van der Waals surface area contributed by atoms with Gasteiger partial charge in [0, 0.05) is 6.07 Å². The van der Waals surface area contributed by atoms with Crippen LogP contribution in [0.25, 0.3) is 0 Å². The van der Waals surface area contributed by atoms with Gasteiger partial charge in [0.15, 0.2) is 0 Å². The number of phenols is 1. The molecule has 0 fully saturated rings. The molecule has 2 aromatic rings. The maximum absolute atomic E-state index is 11.8. The van der Waals surface area contributed by atoms with Crippen LogP contribution in [0, 0.1) is 0 Å². The molecule has 0 amide bonds. The maximum Gasteiger partial charge on any atom is 0.341 e. The van der Waals surface area contributed by atoms with Gasteiger partial charge in [-0.25, -0.2) is 4.79 Å². The molecule has 2 rings (SSSR count). The van der Waals surface area contributed by atoms with E-state index >= 15 is 0 Å². The third kappa shape index (κ3) is 3.25. The number of aromatic hydroxyl groups is 1. The number of para-hydroxylation sites is 1. The molecule has 0 aliphatic rings. The Kier molecular flexibility index (Phi) is 4.03. The van der Waals surface area contributed by atoms with Crippen LogP contribution in [-0.4, -0.2) is 17.7 Å². The van der Waals surface area contributed by atoms with Gasteiger partial charge in [0.25, 0.3) is 0 Å². The molecule has 0 spiro atoms. The van der Waals surface area contributed by atoms with Crippen LogP contribution < -0.4 is 4.74 Å². The third-order valence-electron chi connectivity index (χ3n) is 2.43. The van der Waals surface area contributed by atoms with Gasteiger partial charge < -0.3 is 14.6 Å². The average molecular weight is 258 g/mol. The molecule has 0 radical (unpaired) electrons. The van der Waals surface area contributed by atoms with Gasteiger partial charge in [-0.1, -0.05) is 18.2 Å². The summed E-state index contributed by atoms with van der Waals surface area (Å²) in [6.07, 6.45) is 0. The Labute approximate surface area is 111 Å². The Balaban J connectivity index is 2.27. The first kappa shape index (κ1) is 13.0. The molecule has 0 aromatic heterocycles. The van der Waals surface area contributed by atoms with Gasteiger partial charge in [0.1, 0.15) is 22.8 Å². The van der Waals surface area contributed by atoms with Crippen molar-refractivity contribution >= 4 is 5.97 Å². The van der Waals surface area contributed by atoms with Crippen LogP contribution in [0.3, 0.4) is 0 Å². The molecule has 0 aliphatic heterocycles. The number of benzene rings is 2. The summed E-state index contributed by atoms with van der Waals surface area (Å²) >= 11 is 0. The molecule has 19 heavy (non-hydrogen) atoms. The van der Waals surface area contributed by atoms with Crippen LogP contribution in [0.5, 0.6) is 17.2 Å². The van der Waals surface area contributed by atoms with Crippen molar-refractivity contribution in [2.45, 2.75) is 6.92 Å². The minimum Gasteiger partial charge on any atom is -0.508 e. The average Bonchev–Trinajstić information content (AvgIpc) is 2.39. The molecule has 0 heterocycles. The van der Waals surface area contributed by atoms with Crippen molar-refractivity contribution < 1.29 is 19.4 Å². The quantitative estimate of drug-likeness (QED) is 0.854. The normalized spacial score (nSPS) is 9.95. The monoisotopic (exact) mass is 258 g/mol. The predicted octanol–water partition coefficient (Wildman–Crippen LogP) is 3.36. The van der Waals surface area contributed by atoms with Gasteiger partial charge in [-0.2, -0.15) is 0 Å². The highest BCUT2D eigenvalue weighted by Crippen LogP contribution is 2.27. The van der Waals surface area contributed by atoms with Gasteiger partial charge >= 0.3 is 5.97 Å². The summed E-state index contributed by atoms with van der Waals surface area (Å²) in [5, 5.41) is 9.38. The standard InChI is InChI=1S/C15H14O4/c1-2-18-15(17)13-8-3-4-9-14(13)19-12-7-5-6-11(16)10-12/h3-10,16H,2H2,1H3. The van der Waals surface area contributed by atoms with Crippen molar-refractivity contribution in [3.05, 3.63) is 54.1 Å². The fraction of sp³-hybridized carbons (Fsp3) is 0.133. The molecule has 98 valence electrons. The Morgan fingerprint density at radius 2 is 1.95 bits per heavy atom. The van der Waals surface area contributed by atoms with Crippen LogP contribution in [0.1, 0.15) is 17.3 Å². The van der Waals surface area contributed by atoms with E-state index in [0.717, 1.165) is 0 Å². The van der Waals surface area contributed by atoms with Crippen LogP contribution in [0.4, 0.5) is 0 Å². The first-order chi connectivity index (χ1) is 9.20. The Morgan fingerprint density at radius 1 is 1.16 bits per heavy atom. The van der Waals surface area contributed by atoms with E-state index in [-0.39, 0.29) is 5.75 Å². The minimum absolute atomic E-state index is 0.103. The van der Waals surface area contributed by atoms with Crippen LogP contribution >= 0.6 is 0 Å². The first-order valence-electron chi connectivity index (χ1n) is 5.93. The number of carbonyl (C=O) groups is 1. The van der Waals surface area contributed by atoms with Crippen molar-refractivity contribution in [3.8, 4) is 17.2 Å². The van der Waals surface area contributed by atoms with E-state index in [1.807, 2.05) is 0 Å².